The van der Waals surface area contributed by atoms with Gasteiger partial charge in [0.2, 0.25) is 0 Å². The molecule has 1 amide bonds. The number of hydrogen-bond donors (Lipinski definition) is 1. The maximum Gasteiger partial charge on any atom is 0.409 e. The molecule has 1 N–H and O–H groups in total. The normalized spacial score (nSPS) is 20.6. The number of hydrogen-bond acceptors (Lipinski definition) is 8. The first-order valence-corrected chi connectivity index (χ1v) is 10.4. The summed E-state index contributed by atoms with van der Waals surface area (Å²) >= 11 is 0. The topological polar surface area (TPSA) is 105 Å². The highest BCUT2D eigenvalue weighted by molar-refractivity contribution is 5.78. The van der Waals surface area contributed by atoms with Crippen molar-refractivity contribution in [2.24, 2.45) is 5.92 Å². The Kier molecular flexibility index (Phi) is 6.76. The molecular formula is C20H29N3O6. The maximum absolute atomic E-state index is 12.3. The maximum atomic E-state index is 12.3. The molecule has 2 heterocycles. The van der Waals surface area contributed by atoms with Crippen LogP contribution < -0.4 is 21.1 Å². The second-order valence-electron chi connectivity index (χ2n) is 7.52. The van der Waals surface area contributed by atoms with Crippen LogP contribution in [0.2, 0.25) is 0 Å². The van der Waals surface area contributed by atoms with Crippen LogP contribution >= 0.6 is 0 Å². The van der Waals surface area contributed by atoms with Crippen LogP contribution in [0, 0.1) is 5.92 Å². The number of piperidine rings is 2. The number of carbonyl (C=O) groups excluding carboxylic acids is 2. The third-order valence-electron chi connectivity index (χ3n) is 5.61. The van der Waals surface area contributed by atoms with Gasteiger partial charge in [-0.1, -0.05) is 0 Å². The van der Waals surface area contributed by atoms with Gasteiger partial charge in [0.25, 0.3) is 10.9 Å². The van der Waals surface area contributed by atoms with Crippen LogP contribution in [0.1, 0.15) is 39.5 Å². The van der Waals surface area contributed by atoms with E-state index < -0.39 is 10.9 Å². The van der Waals surface area contributed by atoms with Gasteiger partial charge in [-0.15, -0.1) is 0 Å². The first-order valence-electron chi connectivity index (χ1n) is 10.4. The Labute approximate surface area is 169 Å². The fourth-order valence-corrected chi connectivity index (χ4v) is 4.07. The molecule has 0 saturated carbocycles. The van der Waals surface area contributed by atoms with Gasteiger partial charge in [-0.3, -0.25) is 14.4 Å². The molecule has 0 aromatic heterocycles. The highest BCUT2D eigenvalue weighted by atomic mass is 16.6. The van der Waals surface area contributed by atoms with Gasteiger partial charge in [-0.25, -0.2) is 4.79 Å². The lowest BCUT2D eigenvalue weighted by molar-refractivity contribution is -0.148. The van der Waals surface area contributed by atoms with Gasteiger partial charge in [0, 0.05) is 32.2 Å². The van der Waals surface area contributed by atoms with Crippen molar-refractivity contribution in [3.8, 4) is 0 Å². The van der Waals surface area contributed by atoms with E-state index in [0.29, 0.717) is 63.6 Å². The Morgan fingerprint density at radius 2 is 1.69 bits per heavy atom. The molecule has 0 unspecified atom stereocenters. The van der Waals surface area contributed by atoms with Gasteiger partial charge >= 0.3 is 12.1 Å². The van der Waals surface area contributed by atoms with Gasteiger partial charge in [0.05, 0.1) is 19.1 Å². The lowest BCUT2D eigenvalue weighted by Gasteiger charge is -2.36. The van der Waals surface area contributed by atoms with Gasteiger partial charge in [0.15, 0.2) is 0 Å². The summed E-state index contributed by atoms with van der Waals surface area (Å²) in [5.41, 5.74) is -0.280. The first kappa shape index (κ1) is 21.1. The summed E-state index contributed by atoms with van der Waals surface area (Å²) in [6.07, 6.45) is 2.50. The van der Waals surface area contributed by atoms with E-state index in [0.717, 1.165) is 12.8 Å². The molecule has 2 fully saturated rings. The lowest BCUT2D eigenvalue weighted by atomic mass is 9.96. The van der Waals surface area contributed by atoms with E-state index >= 15 is 0 Å². The minimum absolute atomic E-state index is 0.00775. The Bertz CT molecular complexity index is 808. The summed E-state index contributed by atoms with van der Waals surface area (Å²) in [5, 5.41) is 3.22. The number of likely N-dealkylation sites (tertiary alicyclic amines) is 1. The van der Waals surface area contributed by atoms with Crippen molar-refractivity contribution in [1.82, 2.24) is 4.90 Å². The van der Waals surface area contributed by atoms with Crippen LogP contribution in [-0.2, 0) is 14.3 Å². The smallest absolute Gasteiger partial charge is 0.409 e. The highest BCUT2D eigenvalue weighted by Crippen LogP contribution is 2.28. The fourth-order valence-electron chi connectivity index (χ4n) is 4.07. The quantitative estimate of drug-likeness (QED) is 0.552. The number of esters is 1. The number of carbonyl (C=O) groups is 2. The van der Waals surface area contributed by atoms with E-state index in [1.807, 2.05) is 4.90 Å². The minimum atomic E-state index is -0.508. The number of nitrogens with zero attached hydrogens (tertiary/aromatic N) is 2. The molecule has 29 heavy (non-hydrogen) atoms. The van der Waals surface area contributed by atoms with Gasteiger partial charge in [-0.2, -0.15) is 0 Å². The molecule has 1 aromatic carbocycles. The first-order chi connectivity index (χ1) is 14.0. The third-order valence-corrected chi connectivity index (χ3v) is 5.61. The zero-order valence-electron chi connectivity index (χ0n) is 17.1. The monoisotopic (exact) mass is 407 g/mol. The van der Waals surface area contributed by atoms with Gasteiger partial charge in [-0.05, 0) is 39.5 Å². The summed E-state index contributed by atoms with van der Waals surface area (Å²) in [5.74, 6) is -0.537. The van der Waals surface area contributed by atoms with Crippen molar-refractivity contribution in [2.45, 2.75) is 45.6 Å². The summed E-state index contributed by atoms with van der Waals surface area (Å²) in [4.78, 5) is 51.8. The van der Waals surface area contributed by atoms with Crippen LogP contribution in [0.15, 0.2) is 9.59 Å². The van der Waals surface area contributed by atoms with E-state index in [1.54, 1.807) is 18.7 Å². The molecule has 0 bridgehead atoms. The fraction of sp³-hybridized carbons (Fsp3) is 0.700. The Hall–Kier alpha value is -2.58. The largest absolute Gasteiger partial charge is 0.466 e. The van der Waals surface area contributed by atoms with Crippen molar-refractivity contribution in [3.05, 3.63) is 20.4 Å². The Morgan fingerprint density at radius 3 is 2.34 bits per heavy atom. The second-order valence-corrected chi connectivity index (χ2v) is 7.52. The van der Waals surface area contributed by atoms with E-state index in [4.69, 9.17) is 9.47 Å². The van der Waals surface area contributed by atoms with Crippen molar-refractivity contribution in [1.29, 1.82) is 0 Å². The van der Waals surface area contributed by atoms with E-state index in [2.05, 4.69) is 5.32 Å². The molecule has 3 rings (SSSR count). The average Bonchev–Trinajstić information content (AvgIpc) is 2.74. The lowest BCUT2D eigenvalue weighted by Crippen LogP contribution is -2.49. The SMILES string of the molecule is CCOC(=O)[C@H]1CCCN(c2c(NC3CCN(C(=O)OCC)CC3)c(=O)c2=O)C1. The molecule has 0 spiro atoms. The van der Waals surface area contributed by atoms with Crippen LogP contribution in [-0.4, -0.2) is 62.4 Å². The zero-order valence-corrected chi connectivity index (χ0v) is 17.1. The van der Waals surface area contributed by atoms with Gasteiger partial charge in [0.1, 0.15) is 11.4 Å². The summed E-state index contributed by atoms with van der Waals surface area (Å²) in [6, 6.07) is 0.00775. The van der Waals surface area contributed by atoms with Gasteiger partial charge < -0.3 is 24.6 Å². The molecule has 2 aliphatic heterocycles. The summed E-state index contributed by atoms with van der Waals surface area (Å²) < 4.78 is 10.1. The average molecular weight is 407 g/mol. The van der Waals surface area contributed by atoms with Crippen molar-refractivity contribution < 1.29 is 19.1 Å². The number of anilines is 2. The number of rotatable bonds is 6. The third kappa shape index (κ3) is 4.54. The molecule has 9 heteroatoms. The minimum Gasteiger partial charge on any atom is -0.466 e. The van der Waals surface area contributed by atoms with E-state index in [9.17, 15) is 19.2 Å². The predicted molar refractivity (Wildman–Crippen MR) is 108 cm³/mol. The standard InChI is InChI=1S/C20H29N3O6/c1-3-28-19(26)13-6-5-9-23(12-13)16-15(17(24)18(16)25)21-14-7-10-22(11-8-14)20(27)29-4-2/h13-14,21H,3-12H2,1-2H3/t13-/m0/s1. The molecule has 2 aliphatic rings. The molecule has 9 nitrogen and oxygen atoms in total. The Morgan fingerprint density at radius 1 is 1.00 bits per heavy atom. The highest BCUT2D eigenvalue weighted by Gasteiger charge is 2.34. The molecule has 1 aromatic rings. The molecule has 1 atom stereocenters. The van der Waals surface area contributed by atoms with Crippen LogP contribution in [0.4, 0.5) is 16.2 Å². The van der Waals surface area contributed by atoms with Crippen molar-refractivity contribution in [2.75, 3.05) is 49.6 Å². The predicted octanol–water partition coefficient (Wildman–Crippen LogP) is 1.09. The van der Waals surface area contributed by atoms with Crippen LogP contribution in [0.3, 0.4) is 0 Å². The van der Waals surface area contributed by atoms with E-state index in [-0.39, 0.29) is 24.0 Å². The summed E-state index contributed by atoms with van der Waals surface area (Å²) in [7, 11) is 0. The molecule has 0 aliphatic carbocycles. The zero-order chi connectivity index (χ0) is 21.0. The van der Waals surface area contributed by atoms with E-state index in [1.165, 1.54) is 0 Å². The van der Waals surface area contributed by atoms with Crippen LogP contribution in [0.25, 0.3) is 0 Å². The number of amides is 1. The Balaban J connectivity index is 1.62. The molecule has 160 valence electrons. The second kappa shape index (κ2) is 9.28. The molecular weight excluding hydrogens is 378 g/mol. The number of nitrogens with one attached hydrogen (secondary N) is 1. The molecule has 0 radical (unpaired) electrons. The van der Waals surface area contributed by atoms with Crippen LogP contribution in [0.5, 0.6) is 0 Å². The number of ether oxygens (including phenoxy) is 2. The summed E-state index contributed by atoms with van der Waals surface area (Å²) in [6.45, 7) is 6.30. The van der Waals surface area contributed by atoms with Crippen molar-refractivity contribution >= 4 is 23.4 Å². The van der Waals surface area contributed by atoms with Crippen molar-refractivity contribution in [3.63, 3.8) is 0 Å². The molecule has 2 saturated heterocycles.